The number of aromatic nitrogens is 2. The van der Waals surface area contributed by atoms with Crippen LogP contribution >= 0.6 is 0 Å². The van der Waals surface area contributed by atoms with Gasteiger partial charge in [-0.3, -0.25) is 4.79 Å². The molecule has 9 rings (SSSR count). The number of ether oxygens (including phenoxy) is 1. The molecule has 3 atom stereocenters. The minimum Gasteiger partial charge on any atom is -0.497 e. The second-order valence-corrected chi connectivity index (χ2v) is 11.3. The topological polar surface area (TPSA) is 59.6 Å². The van der Waals surface area contributed by atoms with Gasteiger partial charge in [-0.15, -0.1) is 0 Å². The number of hydrogen-bond donors (Lipinski definition) is 1. The van der Waals surface area contributed by atoms with E-state index in [0.717, 1.165) is 57.1 Å². The van der Waals surface area contributed by atoms with Crippen LogP contribution in [-0.2, 0) is 13.1 Å². The number of methoxy groups -OCH3 is 1. The van der Waals surface area contributed by atoms with Crippen molar-refractivity contribution in [2.75, 3.05) is 7.11 Å². The number of aliphatic hydroxyl groups is 1. The molecule has 192 valence electrons. The summed E-state index contributed by atoms with van der Waals surface area (Å²) in [5, 5.41) is 15.8. The number of aliphatic hydroxyl groups excluding tert-OH is 1. The number of hydrogen-bond acceptors (Lipinski definition) is 3. The highest BCUT2D eigenvalue weighted by Gasteiger charge is 2.44. The van der Waals surface area contributed by atoms with Gasteiger partial charge in [-0.25, -0.2) is 0 Å². The van der Waals surface area contributed by atoms with Crippen LogP contribution in [0.15, 0.2) is 72.8 Å². The van der Waals surface area contributed by atoms with Gasteiger partial charge in [0.05, 0.1) is 35.9 Å². The Balaban J connectivity index is 1.40. The Morgan fingerprint density at radius 2 is 1.51 bits per heavy atom. The molecule has 0 spiro atoms. The number of rotatable bonds is 3. The average molecular weight is 514 g/mol. The van der Waals surface area contributed by atoms with Gasteiger partial charge in [0.15, 0.2) is 0 Å². The average Bonchev–Trinajstić information content (AvgIpc) is 3.66. The largest absolute Gasteiger partial charge is 0.497 e. The molecule has 0 unspecified atom stereocenters. The molecule has 0 radical (unpaired) electrons. The van der Waals surface area contributed by atoms with Crippen molar-refractivity contribution in [1.82, 2.24) is 14.0 Å². The minimum atomic E-state index is -0.422. The van der Waals surface area contributed by atoms with Crippen LogP contribution in [0.1, 0.15) is 46.4 Å². The molecule has 1 N–H and O–H groups in total. The second kappa shape index (κ2) is 7.42. The van der Waals surface area contributed by atoms with Crippen molar-refractivity contribution in [1.29, 1.82) is 0 Å². The summed E-state index contributed by atoms with van der Waals surface area (Å²) >= 11 is 0. The molecule has 1 saturated carbocycles. The molecule has 4 heterocycles. The Kier molecular flexibility index (Phi) is 4.12. The van der Waals surface area contributed by atoms with Gasteiger partial charge in [0.2, 0.25) is 0 Å². The van der Waals surface area contributed by atoms with E-state index in [9.17, 15) is 9.90 Å². The van der Waals surface area contributed by atoms with E-state index in [2.05, 4.69) is 57.7 Å². The third-order valence-electron chi connectivity index (χ3n) is 9.45. The molecule has 2 aromatic heterocycles. The molecular formula is C33H27N3O3. The van der Waals surface area contributed by atoms with Crippen molar-refractivity contribution in [2.45, 2.75) is 44.1 Å². The fourth-order valence-electron chi connectivity index (χ4n) is 7.90. The van der Waals surface area contributed by atoms with Gasteiger partial charge in [0.1, 0.15) is 5.75 Å². The summed E-state index contributed by atoms with van der Waals surface area (Å²) in [5.41, 5.74) is 7.67. The fraction of sp³-hybridized carbons (Fsp3) is 0.242. The molecule has 0 saturated heterocycles. The van der Waals surface area contributed by atoms with Crippen molar-refractivity contribution in [3.63, 3.8) is 0 Å². The molecule has 6 heteroatoms. The third kappa shape index (κ3) is 2.62. The molecule has 2 aliphatic heterocycles. The van der Waals surface area contributed by atoms with E-state index in [-0.39, 0.29) is 18.0 Å². The first-order chi connectivity index (χ1) is 19.1. The number of amides is 1. The number of carbonyl (C=O) groups excluding carboxylic acids is 1. The van der Waals surface area contributed by atoms with Crippen molar-refractivity contribution in [2.24, 2.45) is 0 Å². The molecule has 1 aliphatic carbocycles. The van der Waals surface area contributed by atoms with Crippen LogP contribution in [0.25, 0.3) is 43.6 Å². The van der Waals surface area contributed by atoms with Gasteiger partial charge in [-0.2, -0.15) is 0 Å². The van der Waals surface area contributed by atoms with E-state index < -0.39 is 6.10 Å². The van der Waals surface area contributed by atoms with Crippen LogP contribution in [0, 0.1) is 0 Å². The van der Waals surface area contributed by atoms with Crippen LogP contribution in [0.5, 0.6) is 5.75 Å². The molecule has 6 nitrogen and oxygen atoms in total. The summed E-state index contributed by atoms with van der Waals surface area (Å²) in [5.74, 6) is 0.891. The summed E-state index contributed by atoms with van der Waals surface area (Å²) in [6.45, 7) is 1.12. The maximum absolute atomic E-state index is 14.3. The molecule has 2 bridgehead atoms. The van der Waals surface area contributed by atoms with Gasteiger partial charge in [0, 0.05) is 51.7 Å². The van der Waals surface area contributed by atoms with Crippen LogP contribution in [0.3, 0.4) is 0 Å². The molecule has 6 aromatic rings. The van der Waals surface area contributed by atoms with Gasteiger partial charge in [0.25, 0.3) is 5.91 Å². The Bertz CT molecular complexity index is 2020. The zero-order valence-corrected chi connectivity index (χ0v) is 21.6. The number of para-hydroxylation sites is 2. The van der Waals surface area contributed by atoms with Crippen molar-refractivity contribution in [3.05, 3.63) is 89.5 Å². The van der Waals surface area contributed by atoms with E-state index in [0.29, 0.717) is 13.1 Å². The zero-order valence-electron chi connectivity index (χ0n) is 21.6. The van der Waals surface area contributed by atoms with Gasteiger partial charge in [-0.1, -0.05) is 48.5 Å². The second-order valence-electron chi connectivity index (χ2n) is 11.3. The standard InChI is InChI=1S/C33H27N3O3/c1-39-20-12-10-18(11-13-20)16-34-17-23-28-21-6-2-4-8-24(21)35-19-14-26(27(37)15-19)36-25-9-5-3-7-22(25)29(30(23)33(34)38)32(36)31(28)35/h2-13,19,26-27,37H,14-17H2,1H3/t19-,26+,27+/m0/s1. The Morgan fingerprint density at radius 1 is 0.846 bits per heavy atom. The highest BCUT2D eigenvalue weighted by molar-refractivity contribution is 6.31. The molecule has 1 amide bonds. The first kappa shape index (κ1) is 21.6. The predicted molar refractivity (Wildman–Crippen MR) is 152 cm³/mol. The lowest BCUT2D eigenvalue weighted by Crippen LogP contribution is -2.23. The van der Waals surface area contributed by atoms with Crippen molar-refractivity contribution < 1.29 is 14.6 Å². The fourth-order valence-corrected chi connectivity index (χ4v) is 7.90. The van der Waals surface area contributed by atoms with Crippen molar-refractivity contribution >= 4 is 49.5 Å². The highest BCUT2D eigenvalue weighted by atomic mass is 16.5. The number of carbonyl (C=O) groups is 1. The Morgan fingerprint density at radius 3 is 2.26 bits per heavy atom. The summed E-state index contributed by atoms with van der Waals surface area (Å²) in [6.07, 6.45) is 1.21. The summed E-state index contributed by atoms with van der Waals surface area (Å²) in [7, 11) is 1.67. The first-order valence-electron chi connectivity index (χ1n) is 13.7. The van der Waals surface area contributed by atoms with Crippen LogP contribution in [0.4, 0.5) is 0 Å². The van der Waals surface area contributed by atoms with Crippen LogP contribution in [0.2, 0.25) is 0 Å². The summed E-state index contributed by atoms with van der Waals surface area (Å²) in [4.78, 5) is 16.3. The smallest absolute Gasteiger partial charge is 0.255 e. The van der Waals surface area contributed by atoms with Crippen molar-refractivity contribution in [3.8, 4) is 5.75 Å². The first-order valence-corrected chi connectivity index (χ1v) is 13.7. The van der Waals surface area contributed by atoms with E-state index in [1.54, 1.807) is 7.11 Å². The molecule has 39 heavy (non-hydrogen) atoms. The predicted octanol–water partition coefficient (Wildman–Crippen LogP) is 6.32. The van der Waals surface area contributed by atoms with Crippen LogP contribution in [-0.4, -0.2) is 38.3 Å². The SMILES string of the molecule is COc1ccc(CN2Cc3c(c4c5ccccc5n5c4c4c3c3ccccc3n4[C@@H]3C[C@@H](O)[C@H]5C3)C2=O)cc1. The zero-order chi connectivity index (χ0) is 26.0. The lowest BCUT2D eigenvalue weighted by atomic mass is 9.97. The minimum absolute atomic E-state index is 0.00998. The molecule has 1 fully saturated rings. The third-order valence-corrected chi connectivity index (χ3v) is 9.45. The quantitative estimate of drug-likeness (QED) is 0.301. The Hall–Kier alpha value is -4.29. The maximum Gasteiger partial charge on any atom is 0.255 e. The lowest BCUT2D eigenvalue weighted by molar-refractivity contribution is 0.0768. The Labute approximate surface area is 224 Å². The van der Waals surface area contributed by atoms with Gasteiger partial charge < -0.3 is 23.9 Å². The summed E-state index contributed by atoms with van der Waals surface area (Å²) in [6, 6.07) is 25.2. The van der Waals surface area contributed by atoms with Gasteiger partial charge in [-0.05, 0) is 48.2 Å². The van der Waals surface area contributed by atoms with E-state index in [4.69, 9.17) is 4.74 Å². The number of nitrogens with zero attached hydrogens (tertiary/aromatic N) is 3. The maximum atomic E-state index is 14.3. The van der Waals surface area contributed by atoms with E-state index >= 15 is 0 Å². The monoisotopic (exact) mass is 513 g/mol. The molecule has 4 aromatic carbocycles. The number of fused-ring (bicyclic) bond motifs is 13. The summed E-state index contributed by atoms with van der Waals surface area (Å²) < 4.78 is 10.2. The van der Waals surface area contributed by atoms with Gasteiger partial charge >= 0.3 is 0 Å². The molecular weight excluding hydrogens is 486 g/mol. The van der Waals surface area contributed by atoms with Crippen LogP contribution < -0.4 is 4.74 Å². The highest BCUT2D eigenvalue weighted by Crippen LogP contribution is 2.54. The van der Waals surface area contributed by atoms with E-state index in [1.165, 1.54) is 21.8 Å². The normalized spacial score (nSPS) is 21.6. The molecule has 3 aliphatic rings. The lowest BCUT2D eigenvalue weighted by Gasteiger charge is -2.20. The number of benzene rings is 4. The van der Waals surface area contributed by atoms with E-state index in [1.807, 2.05) is 29.2 Å².